The normalized spacial score (nSPS) is 14.7. The number of hydrogen-bond acceptors (Lipinski definition) is 2. The van der Waals surface area contributed by atoms with Gasteiger partial charge in [-0.2, -0.15) is 0 Å². The van der Waals surface area contributed by atoms with Crippen LogP contribution < -0.4 is 10.2 Å². The standard InChI is InChI=1S/C16H22N2O2/c1-3-4-6-15(19)17-13-9-8-12(2)14(11-13)18-10-5-7-16(18)20/h8-9,11H,3-7,10H2,1-2H3,(H,17,19). The fraction of sp³-hybridized carbons (Fsp3) is 0.500. The lowest BCUT2D eigenvalue weighted by molar-refractivity contribution is -0.117. The Kier molecular flexibility index (Phi) is 4.77. The van der Waals surface area contributed by atoms with Crippen LogP contribution >= 0.6 is 0 Å². The summed E-state index contributed by atoms with van der Waals surface area (Å²) in [6.45, 7) is 4.83. The highest BCUT2D eigenvalue weighted by Gasteiger charge is 2.23. The Morgan fingerprint density at radius 3 is 2.85 bits per heavy atom. The molecule has 0 radical (unpaired) electrons. The smallest absolute Gasteiger partial charge is 0.227 e. The van der Waals surface area contributed by atoms with Crippen LogP contribution in [0.1, 0.15) is 44.6 Å². The third-order valence-electron chi connectivity index (χ3n) is 3.61. The fourth-order valence-electron chi connectivity index (χ4n) is 2.44. The monoisotopic (exact) mass is 274 g/mol. The Hall–Kier alpha value is -1.84. The molecule has 1 N–H and O–H groups in total. The Labute approximate surface area is 120 Å². The van der Waals surface area contributed by atoms with Crippen LogP contribution in [0.15, 0.2) is 18.2 Å². The van der Waals surface area contributed by atoms with Crippen LogP contribution in [0.5, 0.6) is 0 Å². The summed E-state index contributed by atoms with van der Waals surface area (Å²) in [4.78, 5) is 25.4. The molecule has 1 aromatic carbocycles. The zero-order valence-electron chi connectivity index (χ0n) is 12.2. The van der Waals surface area contributed by atoms with E-state index < -0.39 is 0 Å². The molecule has 0 unspecified atom stereocenters. The zero-order chi connectivity index (χ0) is 14.5. The Morgan fingerprint density at radius 1 is 1.40 bits per heavy atom. The molecular weight excluding hydrogens is 252 g/mol. The van der Waals surface area contributed by atoms with Gasteiger partial charge in [0.25, 0.3) is 0 Å². The third-order valence-corrected chi connectivity index (χ3v) is 3.61. The van der Waals surface area contributed by atoms with Crippen molar-refractivity contribution in [1.82, 2.24) is 0 Å². The number of aryl methyl sites for hydroxylation is 1. The number of carbonyl (C=O) groups is 2. The SMILES string of the molecule is CCCCC(=O)Nc1ccc(C)c(N2CCCC2=O)c1. The van der Waals surface area contributed by atoms with E-state index in [9.17, 15) is 9.59 Å². The van der Waals surface area contributed by atoms with E-state index in [2.05, 4.69) is 12.2 Å². The van der Waals surface area contributed by atoms with Gasteiger partial charge in [0.05, 0.1) is 0 Å². The highest BCUT2D eigenvalue weighted by atomic mass is 16.2. The van der Waals surface area contributed by atoms with E-state index in [-0.39, 0.29) is 11.8 Å². The van der Waals surface area contributed by atoms with Gasteiger partial charge in [0.15, 0.2) is 0 Å². The minimum Gasteiger partial charge on any atom is -0.326 e. The molecule has 2 rings (SSSR count). The van der Waals surface area contributed by atoms with Gasteiger partial charge in [0, 0.05) is 30.8 Å². The van der Waals surface area contributed by atoms with E-state index in [1.54, 1.807) is 0 Å². The van der Waals surface area contributed by atoms with Gasteiger partial charge >= 0.3 is 0 Å². The van der Waals surface area contributed by atoms with Crippen LogP contribution in [-0.2, 0) is 9.59 Å². The molecule has 4 nitrogen and oxygen atoms in total. The summed E-state index contributed by atoms with van der Waals surface area (Å²) in [6, 6.07) is 5.75. The molecule has 0 aliphatic carbocycles. The van der Waals surface area contributed by atoms with Crippen molar-refractivity contribution in [2.45, 2.75) is 46.0 Å². The van der Waals surface area contributed by atoms with E-state index in [4.69, 9.17) is 0 Å². The Morgan fingerprint density at radius 2 is 2.20 bits per heavy atom. The number of carbonyl (C=O) groups excluding carboxylic acids is 2. The predicted molar refractivity (Wildman–Crippen MR) is 80.9 cm³/mol. The summed E-state index contributed by atoms with van der Waals surface area (Å²) >= 11 is 0. The van der Waals surface area contributed by atoms with E-state index in [0.29, 0.717) is 12.8 Å². The van der Waals surface area contributed by atoms with Crippen molar-refractivity contribution >= 4 is 23.2 Å². The first-order valence-electron chi connectivity index (χ1n) is 7.32. The molecule has 0 saturated carbocycles. The van der Waals surface area contributed by atoms with Crippen molar-refractivity contribution in [2.75, 3.05) is 16.8 Å². The van der Waals surface area contributed by atoms with Crippen molar-refractivity contribution in [1.29, 1.82) is 0 Å². The van der Waals surface area contributed by atoms with Crippen molar-refractivity contribution in [3.63, 3.8) is 0 Å². The first-order chi connectivity index (χ1) is 9.61. The highest BCUT2D eigenvalue weighted by Crippen LogP contribution is 2.28. The van der Waals surface area contributed by atoms with Gasteiger partial charge in [-0.25, -0.2) is 0 Å². The van der Waals surface area contributed by atoms with Gasteiger partial charge in [0.2, 0.25) is 11.8 Å². The van der Waals surface area contributed by atoms with Gasteiger partial charge in [-0.05, 0) is 37.5 Å². The van der Waals surface area contributed by atoms with Crippen molar-refractivity contribution in [3.05, 3.63) is 23.8 Å². The minimum atomic E-state index is 0.0365. The first kappa shape index (κ1) is 14.6. The lowest BCUT2D eigenvalue weighted by Crippen LogP contribution is -2.24. The topological polar surface area (TPSA) is 49.4 Å². The Bertz CT molecular complexity index is 511. The molecule has 1 heterocycles. The largest absolute Gasteiger partial charge is 0.326 e. The summed E-state index contributed by atoms with van der Waals surface area (Å²) in [6.07, 6.45) is 3.98. The highest BCUT2D eigenvalue weighted by molar-refractivity contribution is 5.97. The van der Waals surface area contributed by atoms with Crippen molar-refractivity contribution < 1.29 is 9.59 Å². The molecular formula is C16H22N2O2. The number of unbranched alkanes of at least 4 members (excludes halogenated alkanes) is 1. The second kappa shape index (κ2) is 6.55. The van der Waals surface area contributed by atoms with Gasteiger partial charge in [-0.15, -0.1) is 0 Å². The maximum Gasteiger partial charge on any atom is 0.227 e. The minimum absolute atomic E-state index is 0.0365. The predicted octanol–water partition coefficient (Wildman–Crippen LogP) is 3.25. The van der Waals surface area contributed by atoms with Crippen LogP contribution in [0.4, 0.5) is 11.4 Å². The Balaban J connectivity index is 2.12. The lowest BCUT2D eigenvalue weighted by atomic mass is 10.1. The molecule has 0 bridgehead atoms. The summed E-state index contributed by atoms with van der Waals surface area (Å²) in [5.41, 5.74) is 2.75. The van der Waals surface area contributed by atoms with Crippen LogP contribution in [0, 0.1) is 6.92 Å². The number of anilines is 2. The maximum atomic E-state index is 11.8. The lowest BCUT2D eigenvalue weighted by Gasteiger charge is -2.19. The summed E-state index contributed by atoms with van der Waals surface area (Å²) in [7, 11) is 0. The van der Waals surface area contributed by atoms with Gasteiger partial charge in [-0.3, -0.25) is 9.59 Å². The van der Waals surface area contributed by atoms with Crippen LogP contribution in [0.2, 0.25) is 0 Å². The van der Waals surface area contributed by atoms with Gasteiger partial charge in [0.1, 0.15) is 0 Å². The van der Waals surface area contributed by atoms with E-state index in [1.807, 2.05) is 30.0 Å². The van der Waals surface area contributed by atoms with E-state index in [0.717, 1.165) is 42.7 Å². The average Bonchev–Trinajstić information content (AvgIpc) is 2.85. The molecule has 1 aliphatic rings. The molecule has 1 fully saturated rings. The molecule has 1 aliphatic heterocycles. The van der Waals surface area contributed by atoms with Crippen LogP contribution in [0.25, 0.3) is 0 Å². The van der Waals surface area contributed by atoms with Crippen LogP contribution in [-0.4, -0.2) is 18.4 Å². The van der Waals surface area contributed by atoms with E-state index >= 15 is 0 Å². The zero-order valence-corrected chi connectivity index (χ0v) is 12.2. The molecule has 4 heteroatoms. The summed E-state index contributed by atoms with van der Waals surface area (Å²) in [5.74, 6) is 0.206. The second-order valence-electron chi connectivity index (χ2n) is 5.30. The number of rotatable bonds is 5. The molecule has 0 spiro atoms. The maximum absolute atomic E-state index is 11.8. The number of amides is 2. The molecule has 1 saturated heterocycles. The summed E-state index contributed by atoms with van der Waals surface area (Å²) < 4.78 is 0. The molecule has 20 heavy (non-hydrogen) atoms. The number of nitrogens with zero attached hydrogens (tertiary/aromatic N) is 1. The van der Waals surface area contributed by atoms with Gasteiger partial charge in [-0.1, -0.05) is 19.4 Å². The first-order valence-corrected chi connectivity index (χ1v) is 7.32. The van der Waals surface area contributed by atoms with Crippen LogP contribution in [0.3, 0.4) is 0 Å². The van der Waals surface area contributed by atoms with E-state index in [1.165, 1.54) is 0 Å². The average molecular weight is 274 g/mol. The molecule has 108 valence electrons. The number of nitrogens with one attached hydrogen (secondary N) is 1. The molecule has 1 aromatic rings. The quantitative estimate of drug-likeness (QED) is 0.896. The number of benzene rings is 1. The fourth-order valence-corrected chi connectivity index (χ4v) is 2.44. The summed E-state index contributed by atoms with van der Waals surface area (Å²) in [5, 5.41) is 2.91. The van der Waals surface area contributed by atoms with Gasteiger partial charge < -0.3 is 10.2 Å². The van der Waals surface area contributed by atoms with Crippen molar-refractivity contribution in [3.8, 4) is 0 Å². The van der Waals surface area contributed by atoms with Crippen molar-refractivity contribution in [2.24, 2.45) is 0 Å². The third kappa shape index (κ3) is 3.38. The second-order valence-corrected chi connectivity index (χ2v) is 5.30. The molecule has 0 aromatic heterocycles. The number of hydrogen-bond donors (Lipinski definition) is 1. The molecule has 2 amide bonds. The molecule has 0 atom stereocenters.